The van der Waals surface area contributed by atoms with Gasteiger partial charge in [0.2, 0.25) is 0 Å². The molecule has 0 radical (unpaired) electrons. The molecule has 1 atom stereocenters. The molecule has 0 aliphatic carbocycles. The summed E-state index contributed by atoms with van der Waals surface area (Å²) in [6.45, 7) is 4.66. The molecule has 27 heavy (non-hydrogen) atoms. The van der Waals surface area contributed by atoms with Crippen molar-refractivity contribution < 1.29 is 9.90 Å². The van der Waals surface area contributed by atoms with Crippen LogP contribution in [0.3, 0.4) is 0 Å². The van der Waals surface area contributed by atoms with Gasteiger partial charge in [0.1, 0.15) is 0 Å². The third-order valence-corrected chi connectivity index (χ3v) is 5.95. The standard InChI is InChI=1S/C23H28N2O2/c26-23(27)21-10-5-12-24(16-21)13-6-14-25-17-20-9-2-1-7-18(20)15-19-8-3-4-11-22(19)25/h1-4,7-9,11,21H,5-6,10,12-17H2,(H,26,27). The highest BCUT2D eigenvalue weighted by Crippen LogP contribution is 2.30. The van der Waals surface area contributed by atoms with Gasteiger partial charge < -0.3 is 14.9 Å². The fourth-order valence-corrected chi connectivity index (χ4v) is 4.49. The molecule has 0 amide bonds. The molecule has 4 nitrogen and oxygen atoms in total. The largest absolute Gasteiger partial charge is 0.481 e. The average Bonchev–Trinajstić information content (AvgIpc) is 2.85. The van der Waals surface area contributed by atoms with E-state index in [1.54, 1.807) is 0 Å². The number of nitrogens with zero attached hydrogens (tertiary/aromatic N) is 2. The van der Waals surface area contributed by atoms with E-state index in [4.69, 9.17) is 0 Å². The first-order valence-corrected chi connectivity index (χ1v) is 10.1. The number of carboxylic acids is 1. The minimum absolute atomic E-state index is 0.190. The van der Waals surface area contributed by atoms with E-state index < -0.39 is 5.97 Å². The molecular formula is C23H28N2O2. The molecule has 1 unspecified atom stereocenters. The van der Waals surface area contributed by atoms with Crippen LogP contribution in [-0.4, -0.2) is 42.2 Å². The summed E-state index contributed by atoms with van der Waals surface area (Å²) in [6.07, 6.45) is 3.87. The molecular weight excluding hydrogens is 336 g/mol. The number of carboxylic acid groups (broad SMARTS) is 1. The highest BCUT2D eigenvalue weighted by Gasteiger charge is 2.25. The number of hydrogen-bond donors (Lipinski definition) is 1. The third-order valence-electron chi connectivity index (χ3n) is 5.95. The summed E-state index contributed by atoms with van der Waals surface area (Å²) >= 11 is 0. The van der Waals surface area contributed by atoms with E-state index in [9.17, 15) is 9.90 Å². The van der Waals surface area contributed by atoms with Gasteiger partial charge in [-0.25, -0.2) is 0 Å². The monoisotopic (exact) mass is 364 g/mol. The van der Waals surface area contributed by atoms with E-state index in [0.29, 0.717) is 6.54 Å². The number of benzene rings is 2. The summed E-state index contributed by atoms with van der Waals surface area (Å²) < 4.78 is 0. The Morgan fingerprint density at radius 3 is 2.56 bits per heavy atom. The van der Waals surface area contributed by atoms with Crippen molar-refractivity contribution in [2.24, 2.45) is 5.92 Å². The van der Waals surface area contributed by atoms with E-state index in [1.807, 2.05) is 0 Å². The van der Waals surface area contributed by atoms with E-state index in [2.05, 4.69) is 58.3 Å². The maximum atomic E-state index is 11.3. The first kappa shape index (κ1) is 18.1. The van der Waals surface area contributed by atoms with Crippen LogP contribution < -0.4 is 4.90 Å². The van der Waals surface area contributed by atoms with Crippen LogP contribution in [0.5, 0.6) is 0 Å². The van der Waals surface area contributed by atoms with Gasteiger partial charge in [-0.2, -0.15) is 0 Å². The quantitative estimate of drug-likeness (QED) is 0.877. The lowest BCUT2D eigenvalue weighted by Gasteiger charge is -2.32. The minimum atomic E-state index is -0.641. The predicted octanol–water partition coefficient (Wildman–Crippen LogP) is 3.78. The fraction of sp³-hybridized carbons (Fsp3) is 0.435. The molecule has 142 valence electrons. The lowest BCUT2D eigenvalue weighted by molar-refractivity contribution is -0.143. The van der Waals surface area contributed by atoms with Crippen molar-refractivity contribution in [3.8, 4) is 0 Å². The van der Waals surface area contributed by atoms with Crippen molar-refractivity contribution >= 4 is 11.7 Å². The van der Waals surface area contributed by atoms with Crippen LogP contribution in [0.1, 0.15) is 36.0 Å². The molecule has 2 aliphatic heterocycles. The molecule has 0 saturated carbocycles. The van der Waals surface area contributed by atoms with Crippen LogP contribution >= 0.6 is 0 Å². The summed E-state index contributed by atoms with van der Waals surface area (Å²) in [4.78, 5) is 16.1. The van der Waals surface area contributed by atoms with Gasteiger partial charge in [0.25, 0.3) is 0 Å². The van der Waals surface area contributed by atoms with Crippen LogP contribution in [0.15, 0.2) is 48.5 Å². The Morgan fingerprint density at radius 2 is 1.74 bits per heavy atom. The molecule has 0 bridgehead atoms. The number of piperidine rings is 1. The van der Waals surface area contributed by atoms with E-state index in [-0.39, 0.29) is 5.92 Å². The van der Waals surface area contributed by atoms with Gasteiger partial charge in [0, 0.05) is 25.3 Å². The Balaban J connectivity index is 1.43. The van der Waals surface area contributed by atoms with E-state index in [0.717, 1.165) is 51.9 Å². The molecule has 2 aromatic carbocycles. The minimum Gasteiger partial charge on any atom is -0.481 e. The predicted molar refractivity (Wildman–Crippen MR) is 108 cm³/mol. The highest BCUT2D eigenvalue weighted by atomic mass is 16.4. The van der Waals surface area contributed by atoms with Crippen molar-refractivity contribution in [1.29, 1.82) is 0 Å². The van der Waals surface area contributed by atoms with E-state index >= 15 is 0 Å². The first-order chi connectivity index (χ1) is 13.2. The third kappa shape index (κ3) is 4.16. The Hall–Kier alpha value is -2.33. The Kier molecular flexibility index (Phi) is 5.44. The van der Waals surface area contributed by atoms with Crippen LogP contribution in [0, 0.1) is 5.92 Å². The van der Waals surface area contributed by atoms with Gasteiger partial charge in [-0.05, 0) is 61.5 Å². The molecule has 2 aromatic rings. The molecule has 4 rings (SSSR count). The number of para-hydroxylation sites is 1. The maximum Gasteiger partial charge on any atom is 0.307 e. The molecule has 4 heteroatoms. The van der Waals surface area contributed by atoms with Gasteiger partial charge >= 0.3 is 5.97 Å². The second-order valence-corrected chi connectivity index (χ2v) is 7.83. The normalized spacial score (nSPS) is 19.9. The Labute approximate surface area is 161 Å². The number of anilines is 1. The maximum absolute atomic E-state index is 11.3. The molecule has 2 aliphatic rings. The van der Waals surface area contributed by atoms with Crippen molar-refractivity contribution in [1.82, 2.24) is 4.90 Å². The van der Waals surface area contributed by atoms with Crippen molar-refractivity contribution in [2.75, 3.05) is 31.1 Å². The molecule has 0 spiro atoms. The van der Waals surface area contributed by atoms with Crippen molar-refractivity contribution in [3.63, 3.8) is 0 Å². The SMILES string of the molecule is O=C(O)C1CCCN(CCCN2Cc3ccccc3Cc3ccccc32)C1. The highest BCUT2D eigenvalue weighted by molar-refractivity contribution is 5.70. The second kappa shape index (κ2) is 8.13. The summed E-state index contributed by atoms with van der Waals surface area (Å²) in [5, 5.41) is 9.28. The second-order valence-electron chi connectivity index (χ2n) is 7.83. The lowest BCUT2D eigenvalue weighted by Crippen LogP contribution is -2.40. The van der Waals surface area contributed by atoms with Crippen molar-refractivity contribution in [2.45, 2.75) is 32.2 Å². The van der Waals surface area contributed by atoms with Crippen LogP contribution in [0.4, 0.5) is 5.69 Å². The Morgan fingerprint density at radius 1 is 1.00 bits per heavy atom. The molecule has 1 saturated heterocycles. The molecule has 0 aromatic heterocycles. The number of hydrogen-bond acceptors (Lipinski definition) is 3. The lowest BCUT2D eigenvalue weighted by atomic mass is 9.98. The zero-order valence-electron chi connectivity index (χ0n) is 15.8. The van der Waals surface area contributed by atoms with Crippen molar-refractivity contribution in [3.05, 3.63) is 65.2 Å². The molecule has 1 N–H and O–H groups in total. The zero-order valence-corrected chi connectivity index (χ0v) is 15.8. The van der Waals surface area contributed by atoms with Gasteiger partial charge in [0.05, 0.1) is 5.92 Å². The first-order valence-electron chi connectivity index (χ1n) is 10.1. The number of carbonyl (C=O) groups is 1. The molecule has 1 fully saturated rings. The summed E-state index contributed by atoms with van der Waals surface area (Å²) in [5.74, 6) is -0.831. The van der Waals surface area contributed by atoms with Gasteiger partial charge in [0.15, 0.2) is 0 Å². The number of rotatable bonds is 5. The van der Waals surface area contributed by atoms with Gasteiger partial charge in [-0.1, -0.05) is 42.5 Å². The van der Waals surface area contributed by atoms with Crippen LogP contribution in [-0.2, 0) is 17.8 Å². The summed E-state index contributed by atoms with van der Waals surface area (Å²) in [5.41, 5.74) is 5.58. The average molecular weight is 364 g/mol. The van der Waals surface area contributed by atoms with E-state index in [1.165, 1.54) is 22.4 Å². The van der Waals surface area contributed by atoms with Crippen LogP contribution in [0.2, 0.25) is 0 Å². The molecule has 2 heterocycles. The number of fused-ring (bicyclic) bond motifs is 2. The number of aliphatic carboxylic acids is 1. The number of likely N-dealkylation sites (tertiary alicyclic amines) is 1. The Bertz CT molecular complexity index is 804. The van der Waals surface area contributed by atoms with Crippen LogP contribution in [0.25, 0.3) is 0 Å². The summed E-state index contributed by atoms with van der Waals surface area (Å²) in [7, 11) is 0. The fourth-order valence-electron chi connectivity index (χ4n) is 4.49. The van der Waals surface area contributed by atoms with Gasteiger partial charge in [-0.15, -0.1) is 0 Å². The smallest absolute Gasteiger partial charge is 0.307 e. The zero-order chi connectivity index (χ0) is 18.6. The summed E-state index contributed by atoms with van der Waals surface area (Å²) in [6, 6.07) is 17.5. The topological polar surface area (TPSA) is 43.8 Å². The van der Waals surface area contributed by atoms with Gasteiger partial charge in [-0.3, -0.25) is 4.79 Å².